The maximum Gasteiger partial charge on any atom is 0.266 e. The average molecular weight is 373 g/mol. The van der Waals surface area contributed by atoms with Gasteiger partial charge < -0.3 is 9.64 Å². The fraction of sp³-hybridized carbons (Fsp3) is 0.263. The summed E-state index contributed by atoms with van der Waals surface area (Å²) in [5.41, 5.74) is 1.89. The lowest BCUT2D eigenvalue weighted by Gasteiger charge is -2.14. The summed E-state index contributed by atoms with van der Waals surface area (Å²) < 4.78 is 6.66. The van der Waals surface area contributed by atoms with Crippen molar-refractivity contribution in [2.24, 2.45) is 0 Å². The molecule has 3 rings (SSSR count). The van der Waals surface area contributed by atoms with Crippen molar-refractivity contribution in [3.8, 4) is 0 Å². The third kappa shape index (κ3) is 3.50. The molecule has 0 unspecified atom stereocenters. The largest absolute Gasteiger partial charge is 0.439 e. The number of hydrogen-bond acceptors (Lipinski definition) is 5. The number of benzene rings is 1. The van der Waals surface area contributed by atoms with Gasteiger partial charge in [0.15, 0.2) is 11.6 Å². The molecule has 130 valence electrons. The van der Waals surface area contributed by atoms with Crippen LogP contribution in [0.1, 0.15) is 26.3 Å². The first-order chi connectivity index (χ1) is 12.0. The Morgan fingerprint density at radius 3 is 2.56 bits per heavy atom. The molecule has 6 heteroatoms. The van der Waals surface area contributed by atoms with Crippen LogP contribution in [0.5, 0.6) is 0 Å². The molecule has 0 radical (unpaired) electrons. The second-order valence-electron chi connectivity index (χ2n) is 5.66. The Labute approximate surface area is 157 Å². The van der Waals surface area contributed by atoms with Gasteiger partial charge in [-0.2, -0.15) is 0 Å². The Bertz CT molecular complexity index is 797. The first kappa shape index (κ1) is 17.8. The van der Waals surface area contributed by atoms with Gasteiger partial charge in [-0.05, 0) is 26.3 Å². The maximum absolute atomic E-state index is 12.5. The van der Waals surface area contributed by atoms with E-state index in [-0.39, 0.29) is 5.91 Å². The van der Waals surface area contributed by atoms with E-state index in [1.54, 1.807) is 4.90 Å². The number of rotatable bonds is 4. The number of allylic oxidation sites excluding steroid dienone is 2. The number of nitrogens with zero attached hydrogens (tertiary/aromatic N) is 2. The molecule has 0 spiro atoms. The summed E-state index contributed by atoms with van der Waals surface area (Å²) in [5, 5.41) is 0. The second-order valence-corrected chi connectivity index (χ2v) is 7.30. The number of amides is 1. The standard InChI is InChI=1S/C19H20N2O2S2/c1-4-20-12-15(14-9-7-6-8-10-14)23-16(20)11-13(3)17-18(22)21(5-2)19(24)25-17/h6-12H,4-5H2,1-3H3/b16-11-,17-13+. The van der Waals surface area contributed by atoms with Gasteiger partial charge in [0.1, 0.15) is 4.32 Å². The first-order valence-electron chi connectivity index (χ1n) is 8.23. The molecule has 1 amide bonds. The lowest BCUT2D eigenvalue weighted by atomic mass is 10.2. The van der Waals surface area contributed by atoms with Crippen molar-refractivity contribution in [2.45, 2.75) is 20.8 Å². The summed E-state index contributed by atoms with van der Waals surface area (Å²) in [7, 11) is 0. The molecule has 0 saturated carbocycles. The SMILES string of the molecule is CCN1C(=O)/C(=C(C)\C=C2/OC(c3ccccc3)=CN2CC)SC1=S. The molecule has 0 aliphatic carbocycles. The Balaban J connectivity index is 1.88. The van der Waals surface area contributed by atoms with Gasteiger partial charge in [0.25, 0.3) is 5.91 Å². The normalized spacial score (nSPS) is 21.1. The number of carbonyl (C=O) groups excluding carboxylic acids is 1. The van der Waals surface area contributed by atoms with Gasteiger partial charge in [0, 0.05) is 24.7 Å². The molecule has 1 aromatic rings. The van der Waals surface area contributed by atoms with Crippen LogP contribution in [0.4, 0.5) is 0 Å². The Morgan fingerprint density at radius 2 is 1.96 bits per heavy atom. The van der Waals surface area contributed by atoms with Crippen LogP contribution < -0.4 is 0 Å². The van der Waals surface area contributed by atoms with Crippen molar-refractivity contribution in [3.63, 3.8) is 0 Å². The van der Waals surface area contributed by atoms with Crippen LogP contribution in [-0.2, 0) is 9.53 Å². The molecule has 0 N–H and O–H groups in total. The summed E-state index contributed by atoms with van der Waals surface area (Å²) >= 11 is 6.64. The first-order valence-corrected chi connectivity index (χ1v) is 9.45. The molecule has 4 nitrogen and oxygen atoms in total. The van der Waals surface area contributed by atoms with Crippen LogP contribution in [0.25, 0.3) is 5.76 Å². The van der Waals surface area contributed by atoms with Gasteiger partial charge in [0.05, 0.1) is 11.1 Å². The summed E-state index contributed by atoms with van der Waals surface area (Å²) in [6, 6.07) is 9.98. The third-order valence-corrected chi connectivity index (χ3v) is 5.60. The minimum Gasteiger partial charge on any atom is -0.439 e. The van der Waals surface area contributed by atoms with Crippen molar-refractivity contribution in [1.29, 1.82) is 0 Å². The highest BCUT2D eigenvalue weighted by molar-refractivity contribution is 8.26. The summed E-state index contributed by atoms with van der Waals surface area (Å²) in [6.07, 6.45) is 3.91. The molecule has 0 bridgehead atoms. The number of hydrogen-bond donors (Lipinski definition) is 0. The molecule has 0 aromatic heterocycles. The maximum atomic E-state index is 12.5. The fourth-order valence-corrected chi connectivity index (χ4v) is 4.04. The van der Waals surface area contributed by atoms with E-state index in [9.17, 15) is 4.79 Å². The minimum atomic E-state index is -0.0239. The summed E-state index contributed by atoms with van der Waals surface area (Å²) in [5.74, 6) is 1.51. The summed E-state index contributed by atoms with van der Waals surface area (Å²) in [6.45, 7) is 7.29. The average Bonchev–Trinajstić information content (AvgIpc) is 3.16. The number of likely N-dealkylation sites (N-methyl/N-ethyl adjacent to an activating group) is 1. The molecule has 2 aliphatic heterocycles. The highest BCUT2D eigenvalue weighted by Gasteiger charge is 2.32. The fourth-order valence-electron chi connectivity index (χ4n) is 2.66. The van der Waals surface area contributed by atoms with Crippen molar-refractivity contribution < 1.29 is 9.53 Å². The van der Waals surface area contributed by atoms with Gasteiger partial charge in [-0.25, -0.2) is 0 Å². The Morgan fingerprint density at radius 1 is 1.24 bits per heavy atom. The van der Waals surface area contributed by atoms with Crippen molar-refractivity contribution >= 4 is 40.0 Å². The zero-order chi connectivity index (χ0) is 18.0. The monoisotopic (exact) mass is 372 g/mol. The second kappa shape index (κ2) is 7.45. The predicted molar refractivity (Wildman–Crippen MR) is 106 cm³/mol. The summed E-state index contributed by atoms with van der Waals surface area (Å²) in [4.78, 5) is 16.8. The van der Waals surface area contributed by atoms with E-state index in [1.807, 2.05) is 61.4 Å². The lowest BCUT2D eigenvalue weighted by molar-refractivity contribution is -0.122. The van der Waals surface area contributed by atoms with Crippen molar-refractivity contribution in [3.05, 3.63) is 64.5 Å². The van der Waals surface area contributed by atoms with E-state index in [1.165, 1.54) is 11.8 Å². The zero-order valence-corrected chi connectivity index (χ0v) is 16.1. The van der Waals surface area contributed by atoms with Crippen LogP contribution >= 0.6 is 24.0 Å². The minimum absolute atomic E-state index is 0.0239. The molecular weight excluding hydrogens is 352 g/mol. The van der Waals surface area contributed by atoms with Crippen LogP contribution in [-0.4, -0.2) is 33.1 Å². The smallest absolute Gasteiger partial charge is 0.266 e. The highest BCUT2D eigenvalue weighted by Crippen LogP contribution is 2.35. The molecule has 1 saturated heterocycles. The molecule has 2 aliphatic rings. The molecule has 25 heavy (non-hydrogen) atoms. The van der Waals surface area contributed by atoms with Crippen LogP contribution in [0.15, 0.2) is 59.0 Å². The Hall–Kier alpha value is -2.05. The predicted octanol–water partition coefficient (Wildman–Crippen LogP) is 4.33. The molecule has 2 heterocycles. The van der Waals surface area contributed by atoms with Crippen LogP contribution in [0.2, 0.25) is 0 Å². The van der Waals surface area contributed by atoms with E-state index >= 15 is 0 Å². The molecule has 1 aromatic carbocycles. The Kier molecular flexibility index (Phi) is 5.30. The van der Waals surface area contributed by atoms with Gasteiger partial charge in [0.2, 0.25) is 0 Å². The zero-order valence-electron chi connectivity index (χ0n) is 14.5. The van der Waals surface area contributed by atoms with Gasteiger partial charge in [-0.3, -0.25) is 9.69 Å². The van der Waals surface area contributed by atoms with Gasteiger partial charge in [-0.1, -0.05) is 54.3 Å². The quantitative estimate of drug-likeness (QED) is 0.580. The number of thiocarbonyl (C=S) groups is 1. The van der Waals surface area contributed by atoms with E-state index in [0.717, 1.165) is 29.3 Å². The highest BCUT2D eigenvalue weighted by atomic mass is 32.2. The van der Waals surface area contributed by atoms with E-state index in [0.29, 0.717) is 15.8 Å². The van der Waals surface area contributed by atoms with E-state index < -0.39 is 0 Å². The number of carbonyl (C=O) groups is 1. The van der Waals surface area contributed by atoms with Crippen LogP contribution in [0.3, 0.4) is 0 Å². The number of thioether (sulfide) groups is 1. The molecule has 0 atom stereocenters. The van der Waals surface area contributed by atoms with Crippen LogP contribution in [0, 0.1) is 0 Å². The topological polar surface area (TPSA) is 32.8 Å². The van der Waals surface area contributed by atoms with Gasteiger partial charge >= 0.3 is 0 Å². The molecule has 1 fully saturated rings. The van der Waals surface area contributed by atoms with Crippen molar-refractivity contribution in [2.75, 3.05) is 13.1 Å². The lowest BCUT2D eigenvalue weighted by Crippen LogP contribution is -2.27. The van der Waals surface area contributed by atoms with Gasteiger partial charge in [-0.15, -0.1) is 0 Å². The van der Waals surface area contributed by atoms with E-state index in [4.69, 9.17) is 17.0 Å². The number of ether oxygens (including phenoxy) is 1. The molecular formula is C19H20N2O2S2. The third-order valence-electron chi connectivity index (χ3n) is 4.03. The van der Waals surface area contributed by atoms with Crippen molar-refractivity contribution in [1.82, 2.24) is 9.80 Å². The van der Waals surface area contributed by atoms with E-state index in [2.05, 4.69) is 6.92 Å².